The highest BCUT2D eigenvalue weighted by Gasteiger charge is 2.51. The van der Waals surface area contributed by atoms with Gasteiger partial charge in [0.05, 0.1) is 0 Å². The van der Waals surface area contributed by atoms with Gasteiger partial charge in [-0.15, -0.1) is 0 Å². The Morgan fingerprint density at radius 3 is 2.75 bits per heavy atom. The predicted molar refractivity (Wildman–Crippen MR) is 81.4 cm³/mol. The van der Waals surface area contributed by atoms with Crippen LogP contribution in [0.25, 0.3) is 0 Å². The van der Waals surface area contributed by atoms with Gasteiger partial charge in [-0.05, 0) is 44.1 Å². The molecule has 5 nitrogen and oxygen atoms in total. The predicted octanol–water partition coefficient (Wildman–Crippen LogP) is 2.42. The van der Waals surface area contributed by atoms with Crippen LogP contribution < -0.4 is 5.32 Å². The zero-order valence-corrected chi connectivity index (χ0v) is 13.7. The largest absolute Gasteiger partial charge is 0.480 e. The lowest BCUT2D eigenvalue weighted by Crippen LogP contribution is -2.58. The van der Waals surface area contributed by atoms with Crippen LogP contribution in [0.4, 0.5) is 0 Å². The summed E-state index contributed by atoms with van der Waals surface area (Å²) in [7, 11) is 0. The molecule has 1 aliphatic rings. The Morgan fingerprint density at radius 2 is 2.30 bits per heavy atom. The molecule has 2 N–H and O–H groups in total. The Labute approximate surface area is 127 Å². The molecule has 0 bridgehead atoms. The van der Waals surface area contributed by atoms with Crippen molar-refractivity contribution in [1.29, 1.82) is 0 Å². The number of aryl methyl sites for hydroxylation is 1. The number of rotatable bonds is 8. The number of carboxylic acid groups (broad SMARTS) is 1. The Kier molecular flexibility index (Phi) is 5.04. The average Bonchev–Trinajstić information content (AvgIpc) is 3.13. The van der Waals surface area contributed by atoms with Crippen molar-refractivity contribution < 1.29 is 9.90 Å². The second-order valence-electron chi connectivity index (χ2n) is 5.47. The molecule has 7 heteroatoms. The van der Waals surface area contributed by atoms with Gasteiger partial charge in [-0.1, -0.05) is 18.7 Å². The third-order valence-electron chi connectivity index (χ3n) is 3.39. The van der Waals surface area contributed by atoms with Crippen LogP contribution in [-0.4, -0.2) is 37.8 Å². The molecule has 0 spiro atoms. The van der Waals surface area contributed by atoms with Gasteiger partial charge in [0.15, 0.2) is 4.34 Å². The number of nitrogens with zero attached hydrogens (tertiary/aromatic N) is 2. The van der Waals surface area contributed by atoms with Crippen LogP contribution in [0.5, 0.6) is 0 Å². The molecule has 1 aromatic heterocycles. The van der Waals surface area contributed by atoms with Crippen molar-refractivity contribution in [3.05, 3.63) is 5.82 Å². The molecule has 0 amide bonds. The molecule has 0 aliphatic heterocycles. The highest BCUT2D eigenvalue weighted by molar-refractivity contribution is 8.01. The van der Waals surface area contributed by atoms with Crippen LogP contribution in [0.3, 0.4) is 0 Å². The fraction of sp³-hybridized carbons (Fsp3) is 0.769. The summed E-state index contributed by atoms with van der Waals surface area (Å²) in [6.45, 7) is 6.00. The molecule has 0 aromatic carbocycles. The number of aliphatic carboxylic acids is 1. The molecule has 1 aliphatic carbocycles. The molecule has 112 valence electrons. The maximum Gasteiger partial charge on any atom is 0.325 e. The van der Waals surface area contributed by atoms with Gasteiger partial charge < -0.3 is 5.11 Å². The number of thioether (sulfide) groups is 1. The summed E-state index contributed by atoms with van der Waals surface area (Å²) in [6, 6.07) is 0.146. The fourth-order valence-corrected chi connectivity index (χ4v) is 4.25. The first kappa shape index (κ1) is 15.7. The molecule has 1 saturated carbocycles. The Balaban J connectivity index is 2.08. The van der Waals surface area contributed by atoms with Crippen molar-refractivity contribution in [2.45, 2.75) is 56.0 Å². The second kappa shape index (κ2) is 6.41. The second-order valence-corrected chi connectivity index (χ2v) is 7.44. The van der Waals surface area contributed by atoms with Crippen LogP contribution in [-0.2, 0) is 11.2 Å². The van der Waals surface area contributed by atoms with E-state index in [-0.39, 0.29) is 12.0 Å². The van der Waals surface area contributed by atoms with E-state index in [4.69, 9.17) is 0 Å². The molecule has 0 saturated heterocycles. The molecule has 1 unspecified atom stereocenters. The standard InChI is InChI=1S/C13H21N3O2S2/c1-4-10-14-12(20-16-10)19-7-13(11(17)18,9-5-6-9)15-8(2)3/h8-9,15H,4-7H2,1-3H3,(H,17,18). The van der Waals surface area contributed by atoms with E-state index in [1.54, 1.807) is 0 Å². The van der Waals surface area contributed by atoms with E-state index in [0.29, 0.717) is 5.75 Å². The van der Waals surface area contributed by atoms with E-state index in [0.717, 1.165) is 29.4 Å². The molecule has 20 heavy (non-hydrogen) atoms. The van der Waals surface area contributed by atoms with Crippen molar-refractivity contribution in [2.24, 2.45) is 5.92 Å². The minimum atomic E-state index is -0.836. The maximum absolute atomic E-state index is 11.8. The Morgan fingerprint density at radius 1 is 1.60 bits per heavy atom. The number of nitrogens with one attached hydrogen (secondary N) is 1. The van der Waals surface area contributed by atoms with E-state index in [1.165, 1.54) is 23.3 Å². The van der Waals surface area contributed by atoms with Gasteiger partial charge in [0.25, 0.3) is 0 Å². The van der Waals surface area contributed by atoms with Crippen LogP contribution in [0, 0.1) is 5.92 Å². The number of carboxylic acids is 1. The van der Waals surface area contributed by atoms with Crippen molar-refractivity contribution >= 4 is 29.3 Å². The minimum absolute atomic E-state index is 0.146. The molecule has 1 atom stereocenters. The van der Waals surface area contributed by atoms with E-state index in [1.807, 2.05) is 20.8 Å². The monoisotopic (exact) mass is 315 g/mol. The summed E-state index contributed by atoms with van der Waals surface area (Å²) in [5.74, 6) is 0.820. The summed E-state index contributed by atoms with van der Waals surface area (Å²) in [4.78, 5) is 16.2. The molecule has 1 fully saturated rings. The van der Waals surface area contributed by atoms with Gasteiger partial charge in [-0.3, -0.25) is 10.1 Å². The van der Waals surface area contributed by atoms with Crippen LogP contribution in [0.2, 0.25) is 0 Å². The molecular formula is C13H21N3O2S2. The van der Waals surface area contributed by atoms with E-state index in [2.05, 4.69) is 14.7 Å². The van der Waals surface area contributed by atoms with Crippen molar-refractivity contribution in [3.63, 3.8) is 0 Å². The van der Waals surface area contributed by atoms with Gasteiger partial charge >= 0.3 is 5.97 Å². The van der Waals surface area contributed by atoms with Crippen molar-refractivity contribution in [1.82, 2.24) is 14.7 Å². The molecule has 1 aromatic rings. The third kappa shape index (κ3) is 3.51. The molecule has 0 radical (unpaired) electrons. The van der Waals surface area contributed by atoms with E-state index in [9.17, 15) is 9.90 Å². The lowest BCUT2D eigenvalue weighted by Gasteiger charge is -2.32. The molecule has 2 rings (SSSR count). The minimum Gasteiger partial charge on any atom is -0.480 e. The van der Waals surface area contributed by atoms with Gasteiger partial charge in [0.1, 0.15) is 11.4 Å². The van der Waals surface area contributed by atoms with Gasteiger partial charge in [-0.25, -0.2) is 4.98 Å². The molecule has 1 heterocycles. The summed E-state index contributed by atoms with van der Waals surface area (Å²) in [5, 5.41) is 13.0. The lowest BCUT2D eigenvalue weighted by molar-refractivity contribution is -0.145. The first-order valence-corrected chi connectivity index (χ1v) is 8.70. The zero-order valence-electron chi connectivity index (χ0n) is 12.0. The highest BCUT2D eigenvalue weighted by atomic mass is 32.2. The van der Waals surface area contributed by atoms with Crippen LogP contribution >= 0.6 is 23.3 Å². The van der Waals surface area contributed by atoms with Gasteiger partial charge in [-0.2, -0.15) is 4.37 Å². The quantitative estimate of drug-likeness (QED) is 0.718. The Bertz CT molecular complexity index is 474. The molecular weight excluding hydrogens is 294 g/mol. The maximum atomic E-state index is 11.8. The number of carbonyl (C=O) groups is 1. The summed E-state index contributed by atoms with van der Waals surface area (Å²) in [6.07, 6.45) is 2.79. The normalized spacial score (nSPS) is 18.2. The summed E-state index contributed by atoms with van der Waals surface area (Å²) < 4.78 is 5.10. The average molecular weight is 315 g/mol. The SMILES string of the molecule is CCc1nsc(SCC(NC(C)C)(C(=O)O)C2CC2)n1. The number of hydrogen-bond acceptors (Lipinski definition) is 6. The Hall–Kier alpha value is -0.660. The van der Waals surface area contributed by atoms with E-state index >= 15 is 0 Å². The fourth-order valence-electron chi connectivity index (χ4n) is 2.28. The van der Waals surface area contributed by atoms with Gasteiger partial charge in [0, 0.05) is 18.2 Å². The number of aromatic nitrogens is 2. The van der Waals surface area contributed by atoms with Crippen molar-refractivity contribution in [3.8, 4) is 0 Å². The van der Waals surface area contributed by atoms with Crippen molar-refractivity contribution in [2.75, 3.05) is 5.75 Å². The topological polar surface area (TPSA) is 75.1 Å². The van der Waals surface area contributed by atoms with Crippen LogP contribution in [0.1, 0.15) is 39.4 Å². The number of hydrogen-bond donors (Lipinski definition) is 2. The van der Waals surface area contributed by atoms with Crippen LogP contribution in [0.15, 0.2) is 4.34 Å². The highest BCUT2D eigenvalue weighted by Crippen LogP contribution is 2.43. The van der Waals surface area contributed by atoms with Gasteiger partial charge in [0.2, 0.25) is 0 Å². The summed E-state index contributed by atoms with van der Waals surface area (Å²) >= 11 is 2.86. The smallest absolute Gasteiger partial charge is 0.325 e. The zero-order chi connectivity index (χ0) is 14.8. The first-order valence-electron chi connectivity index (χ1n) is 6.94. The first-order chi connectivity index (χ1) is 9.48. The lowest BCUT2D eigenvalue weighted by atomic mass is 9.94. The summed E-state index contributed by atoms with van der Waals surface area (Å²) in [5.41, 5.74) is -0.836. The third-order valence-corrected chi connectivity index (χ3v) is 5.46. The van der Waals surface area contributed by atoms with E-state index < -0.39 is 11.5 Å².